The molecule has 0 saturated carbocycles. The molecule has 1 aromatic carbocycles. The molecule has 2 rings (SSSR count). The summed E-state index contributed by atoms with van der Waals surface area (Å²) >= 11 is 4.54. The first kappa shape index (κ1) is 12.5. The molecule has 1 heterocycles. The predicted molar refractivity (Wildman–Crippen MR) is 69.4 cm³/mol. The van der Waals surface area contributed by atoms with Crippen LogP contribution in [0.5, 0.6) is 10.9 Å². The predicted octanol–water partition coefficient (Wildman–Crippen LogP) is 3.10. The third-order valence-electron chi connectivity index (χ3n) is 1.89. The van der Waals surface area contributed by atoms with E-state index in [1.54, 1.807) is 17.5 Å². The minimum atomic E-state index is -3.22. The maximum atomic E-state index is 11.4. The molecule has 0 spiro atoms. The Morgan fingerprint density at radius 3 is 2.76 bits per heavy atom. The second kappa shape index (κ2) is 4.75. The molecule has 4 nitrogen and oxygen atoms in total. The number of thiazole rings is 1. The summed E-state index contributed by atoms with van der Waals surface area (Å²) in [6.07, 6.45) is 1.16. The highest BCUT2D eigenvalue weighted by atomic mass is 79.9. The Hall–Kier alpha value is -0.920. The Bertz CT molecular complexity index is 637. The van der Waals surface area contributed by atoms with E-state index >= 15 is 0 Å². The van der Waals surface area contributed by atoms with Crippen LogP contribution in [0, 0.1) is 0 Å². The molecule has 0 atom stereocenters. The lowest BCUT2D eigenvalue weighted by Crippen LogP contribution is -1.96. The van der Waals surface area contributed by atoms with Crippen molar-refractivity contribution in [1.29, 1.82) is 0 Å². The summed E-state index contributed by atoms with van der Waals surface area (Å²) in [7, 11) is -3.22. The molecule has 17 heavy (non-hydrogen) atoms. The number of nitrogens with zero attached hydrogens (tertiary/aromatic N) is 1. The number of ether oxygens (including phenoxy) is 1. The molecule has 0 fully saturated rings. The molecule has 0 aliphatic rings. The van der Waals surface area contributed by atoms with E-state index in [9.17, 15) is 8.42 Å². The van der Waals surface area contributed by atoms with Gasteiger partial charge in [-0.15, -0.1) is 0 Å². The molecular formula is C10H8BrNO3S2. The van der Waals surface area contributed by atoms with Crippen LogP contribution < -0.4 is 4.74 Å². The third-order valence-corrected chi connectivity index (χ3v) is 4.43. The van der Waals surface area contributed by atoms with E-state index in [-0.39, 0.29) is 4.90 Å². The maximum Gasteiger partial charge on any atom is 0.279 e. The fourth-order valence-electron chi connectivity index (χ4n) is 1.15. The van der Waals surface area contributed by atoms with Crippen LogP contribution in [-0.2, 0) is 9.84 Å². The Morgan fingerprint density at radius 2 is 2.18 bits per heavy atom. The number of aromatic nitrogens is 1. The Morgan fingerprint density at radius 1 is 1.41 bits per heavy atom. The zero-order valence-electron chi connectivity index (χ0n) is 8.75. The summed E-state index contributed by atoms with van der Waals surface area (Å²) in [6.45, 7) is 0. The van der Waals surface area contributed by atoms with Crippen molar-refractivity contribution in [2.45, 2.75) is 4.90 Å². The number of sulfone groups is 1. The fraction of sp³-hybridized carbons (Fsp3) is 0.100. The van der Waals surface area contributed by atoms with Gasteiger partial charge in [0.25, 0.3) is 5.19 Å². The number of hydrogen-bond donors (Lipinski definition) is 0. The first-order valence-corrected chi connectivity index (χ1v) is 8.10. The minimum absolute atomic E-state index is 0.227. The fourth-order valence-corrected chi connectivity index (χ4v) is 2.92. The quantitative estimate of drug-likeness (QED) is 0.865. The van der Waals surface area contributed by atoms with Crippen LogP contribution >= 0.6 is 27.3 Å². The zero-order chi connectivity index (χ0) is 12.5. The van der Waals surface area contributed by atoms with Gasteiger partial charge in [-0.1, -0.05) is 17.4 Å². The molecule has 0 aliphatic carbocycles. The van der Waals surface area contributed by atoms with Crippen molar-refractivity contribution in [1.82, 2.24) is 4.98 Å². The van der Waals surface area contributed by atoms with E-state index in [4.69, 9.17) is 4.74 Å². The molecule has 0 saturated heterocycles. The summed E-state index contributed by atoms with van der Waals surface area (Å²) in [5.74, 6) is 0.453. The number of halogens is 1. The van der Waals surface area contributed by atoms with Crippen molar-refractivity contribution in [2.24, 2.45) is 0 Å². The van der Waals surface area contributed by atoms with Crippen LogP contribution in [-0.4, -0.2) is 19.7 Å². The second-order valence-corrected chi connectivity index (χ2v) is 6.93. The molecule has 0 bridgehead atoms. The van der Waals surface area contributed by atoms with E-state index < -0.39 is 9.84 Å². The van der Waals surface area contributed by atoms with E-state index in [1.165, 1.54) is 23.5 Å². The molecule has 0 radical (unpaired) electrons. The molecule has 1 aromatic heterocycles. The largest absolute Gasteiger partial charge is 0.431 e. The number of hydrogen-bond acceptors (Lipinski definition) is 5. The SMILES string of the molecule is CS(=O)(=O)c1cccc(Oc2nc(Br)cs2)c1. The van der Waals surface area contributed by atoms with Gasteiger partial charge in [-0.3, -0.25) is 0 Å². The third kappa shape index (κ3) is 3.27. The smallest absolute Gasteiger partial charge is 0.279 e. The average Bonchev–Trinajstić information content (AvgIpc) is 2.63. The van der Waals surface area contributed by atoms with Gasteiger partial charge in [-0.25, -0.2) is 8.42 Å². The molecule has 0 N–H and O–H groups in total. The molecule has 0 amide bonds. The van der Waals surface area contributed by atoms with Crippen molar-refractivity contribution in [3.63, 3.8) is 0 Å². The standard InChI is InChI=1S/C10H8BrNO3S2/c1-17(13,14)8-4-2-3-7(5-8)15-10-12-9(11)6-16-10/h2-6H,1H3. The van der Waals surface area contributed by atoms with Gasteiger partial charge < -0.3 is 4.74 Å². The Labute approximate surface area is 111 Å². The summed E-state index contributed by atoms with van der Waals surface area (Å²) in [6, 6.07) is 6.32. The lowest BCUT2D eigenvalue weighted by Gasteiger charge is -2.03. The number of rotatable bonds is 3. The highest BCUT2D eigenvalue weighted by Crippen LogP contribution is 2.28. The van der Waals surface area contributed by atoms with Crippen LogP contribution in [0.25, 0.3) is 0 Å². The molecule has 2 aromatic rings. The van der Waals surface area contributed by atoms with Crippen molar-refractivity contribution >= 4 is 37.1 Å². The molecule has 90 valence electrons. The van der Waals surface area contributed by atoms with Gasteiger partial charge in [-0.2, -0.15) is 4.98 Å². The average molecular weight is 334 g/mol. The van der Waals surface area contributed by atoms with Crippen molar-refractivity contribution in [3.05, 3.63) is 34.2 Å². The van der Waals surface area contributed by atoms with Gasteiger partial charge in [0.1, 0.15) is 10.4 Å². The number of benzene rings is 1. The summed E-state index contributed by atoms with van der Waals surface area (Å²) < 4.78 is 28.9. The van der Waals surface area contributed by atoms with E-state index in [0.29, 0.717) is 15.5 Å². The van der Waals surface area contributed by atoms with E-state index in [1.807, 2.05) is 0 Å². The summed E-state index contributed by atoms with van der Waals surface area (Å²) in [5, 5.41) is 2.25. The van der Waals surface area contributed by atoms with Crippen LogP contribution in [0.2, 0.25) is 0 Å². The normalized spacial score (nSPS) is 11.4. The van der Waals surface area contributed by atoms with Gasteiger partial charge >= 0.3 is 0 Å². The van der Waals surface area contributed by atoms with Crippen molar-refractivity contribution in [2.75, 3.05) is 6.26 Å². The maximum absolute atomic E-state index is 11.4. The summed E-state index contributed by atoms with van der Waals surface area (Å²) in [4.78, 5) is 4.29. The van der Waals surface area contributed by atoms with Crippen LogP contribution in [0.15, 0.2) is 39.1 Å². The first-order chi connectivity index (χ1) is 7.95. The Kier molecular flexibility index (Phi) is 3.50. The van der Waals surface area contributed by atoms with E-state index in [2.05, 4.69) is 20.9 Å². The van der Waals surface area contributed by atoms with Crippen molar-refractivity contribution < 1.29 is 13.2 Å². The van der Waals surface area contributed by atoms with Crippen LogP contribution in [0.1, 0.15) is 0 Å². The summed E-state index contributed by atoms with van der Waals surface area (Å²) in [5.41, 5.74) is 0. The molecule has 0 aliphatic heterocycles. The van der Waals surface area contributed by atoms with E-state index in [0.717, 1.165) is 6.26 Å². The van der Waals surface area contributed by atoms with Crippen molar-refractivity contribution in [3.8, 4) is 10.9 Å². The highest BCUT2D eigenvalue weighted by Gasteiger charge is 2.09. The van der Waals surface area contributed by atoms with Crippen LogP contribution in [0.3, 0.4) is 0 Å². The second-order valence-electron chi connectivity index (χ2n) is 3.29. The highest BCUT2D eigenvalue weighted by molar-refractivity contribution is 9.10. The molecule has 7 heteroatoms. The lowest BCUT2D eigenvalue weighted by atomic mass is 10.3. The Balaban J connectivity index is 2.28. The lowest BCUT2D eigenvalue weighted by molar-refractivity contribution is 0.476. The van der Waals surface area contributed by atoms with Crippen LogP contribution in [0.4, 0.5) is 0 Å². The minimum Gasteiger partial charge on any atom is -0.431 e. The van der Waals surface area contributed by atoms with Gasteiger partial charge in [0, 0.05) is 11.6 Å². The monoisotopic (exact) mass is 333 g/mol. The molecular weight excluding hydrogens is 326 g/mol. The van der Waals surface area contributed by atoms with Gasteiger partial charge in [-0.05, 0) is 34.1 Å². The topological polar surface area (TPSA) is 56.3 Å². The molecule has 0 unspecified atom stereocenters. The first-order valence-electron chi connectivity index (χ1n) is 4.54. The van der Waals surface area contributed by atoms with Gasteiger partial charge in [0.05, 0.1) is 4.90 Å². The zero-order valence-corrected chi connectivity index (χ0v) is 12.0. The van der Waals surface area contributed by atoms with Gasteiger partial charge in [0.15, 0.2) is 9.84 Å². The van der Waals surface area contributed by atoms with Gasteiger partial charge in [0.2, 0.25) is 0 Å².